The molecule has 0 atom stereocenters. The van der Waals surface area contributed by atoms with Crippen molar-refractivity contribution in [3.8, 4) is 22.9 Å². The fourth-order valence-corrected chi connectivity index (χ4v) is 3.26. The van der Waals surface area contributed by atoms with E-state index in [1.807, 2.05) is 43.3 Å². The summed E-state index contributed by atoms with van der Waals surface area (Å²) in [5.41, 5.74) is 1.69. The highest BCUT2D eigenvalue weighted by molar-refractivity contribution is 5.82. The lowest BCUT2D eigenvalue weighted by Gasteiger charge is -2.11. The van der Waals surface area contributed by atoms with Crippen LogP contribution in [-0.4, -0.2) is 40.2 Å². The van der Waals surface area contributed by atoms with E-state index in [9.17, 15) is 9.59 Å². The highest BCUT2D eigenvalue weighted by Crippen LogP contribution is 2.28. The Labute approximate surface area is 189 Å². The van der Waals surface area contributed by atoms with E-state index in [1.165, 1.54) is 10.9 Å². The van der Waals surface area contributed by atoms with Gasteiger partial charge in [-0.05, 0) is 42.8 Å². The minimum Gasteiger partial charge on any atom is -0.490 e. The van der Waals surface area contributed by atoms with Gasteiger partial charge < -0.3 is 14.6 Å². The fourth-order valence-electron chi connectivity index (χ4n) is 3.26. The topological polar surface area (TPSA) is 103 Å². The summed E-state index contributed by atoms with van der Waals surface area (Å²) in [7, 11) is 0. The van der Waals surface area contributed by atoms with Crippen LogP contribution < -0.4 is 15.0 Å². The van der Waals surface area contributed by atoms with Crippen LogP contribution in [0.3, 0.4) is 0 Å². The van der Waals surface area contributed by atoms with E-state index in [-0.39, 0.29) is 5.56 Å². The molecular weight excluding hydrogens is 422 g/mol. The van der Waals surface area contributed by atoms with E-state index in [1.54, 1.807) is 36.4 Å². The van der Waals surface area contributed by atoms with Gasteiger partial charge in [0.15, 0.2) is 23.9 Å². The number of benzene rings is 3. The van der Waals surface area contributed by atoms with Gasteiger partial charge in [-0.1, -0.05) is 42.5 Å². The molecule has 4 rings (SSSR count). The molecule has 0 aliphatic rings. The minimum absolute atomic E-state index is 0.290. The molecule has 0 bridgehead atoms. The lowest BCUT2D eigenvalue weighted by molar-refractivity contribution is -0.139. The maximum atomic E-state index is 13.2. The number of carbonyl (C=O) groups is 1. The van der Waals surface area contributed by atoms with Crippen molar-refractivity contribution in [2.75, 3.05) is 13.2 Å². The number of hydrogen-bond donors (Lipinski definition) is 1. The van der Waals surface area contributed by atoms with Crippen LogP contribution >= 0.6 is 0 Å². The summed E-state index contributed by atoms with van der Waals surface area (Å²) in [6, 6.07) is 21.5. The normalized spacial score (nSPS) is 11.1. The zero-order valence-electron chi connectivity index (χ0n) is 17.8. The standard InChI is InChI=1S/C25H21N3O5/c1-2-32-22-14-17(12-13-21(22)33-16-23(29)30)15-26-28-24(18-8-4-3-5-9-18)27-20-11-7-6-10-19(20)25(28)31/h3-15H,2,16H2,1H3,(H,29,30). The van der Waals surface area contributed by atoms with Gasteiger partial charge in [-0.3, -0.25) is 4.79 Å². The average Bonchev–Trinajstić information content (AvgIpc) is 2.83. The van der Waals surface area contributed by atoms with Gasteiger partial charge in [0.25, 0.3) is 5.56 Å². The number of aliphatic carboxylic acids is 1. The van der Waals surface area contributed by atoms with Gasteiger partial charge in [-0.15, -0.1) is 0 Å². The second-order valence-electron chi connectivity index (χ2n) is 7.00. The van der Waals surface area contributed by atoms with E-state index in [0.29, 0.717) is 40.4 Å². The number of ether oxygens (including phenoxy) is 2. The Balaban J connectivity index is 1.77. The summed E-state index contributed by atoms with van der Waals surface area (Å²) in [6.45, 7) is 1.70. The number of aromatic nitrogens is 2. The van der Waals surface area contributed by atoms with Crippen molar-refractivity contribution in [2.45, 2.75) is 6.92 Å². The van der Waals surface area contributed by atoms with Crippen molar-refractivity contribution in [1.29, 1.82) is 0 Å². The Bertz CT molecular complexity index is 1380. The first kappa shape index (κ1) is 21.8. The molecule has 0 unspecified atom stereocenters. The van der Waals surface area contributed by atoms with Crippen molar-refractivity contribution in [3.05, 3.63) is 88.7 Å². The molecule has 8 nitrogen and oxygen atoms in total. The molecule has 1 heterocycles. The second-order valence-corrected chi connectivity index (χ2v) is 7.00. The van der Waals surface area contributed by atoms with Gasteiger partial charge in [0, 0.05) is 5.56 Å². The van der Waals surface area contributed by atoms with Crippen LogP contribution in [0.25, 0.3) is 22.3 Å². The summed E-state index contributed by atoms with van der Waals surface area (Å²) >= 11 is 0. The van der Waals surface area contributed by atoms with Gasteiger partial charge in [0.05, 0.1) is 23.7 Å². The Morgan fingerprint density at radius 2 is 1.79 bits per heavy atom. The monoisotopic (exact) mass is 443 g/mol. The second kappa shape index (κ2) is 9.78. The number of carboxylic acid groups (broad SMARTS) is 1. The first-order valence-electron chi connectivity index (χ1n) is 10.3. The van der Waals surface area contributed by atoms with Gasteiger partial charge in [0.2, 0.25) is 0 Å². The molecule has 1 N–H and O–H groups in total. The van der Waals surface area contributed by atoms with Gasteiger partial charge in [-0.25, -0.2) is 9.78 Å². The fraction of sp³-hybridized carbons (Fsp3) is 0.120. The largest absolute Gasteiger partial charge is 0.490 e. The molecule has 33 heavy (non-hydrogen) atoms. The van der Waals surface area contributed by atoms with Gasteiger partial charge in [0.1, 0.15) is 0 Å². The SMILES string of the molecule is CCOc1cc(C=Nn2c(-c3ccccc3)nc3ccccc3c2=O)ccc1OCC(=O)O. The average molecular weight is 443 g/mol. The predicted molar refractivity (Wildman–Crippen MR) is 125 cm³/mol. The van der Waals surface area contributed by atoms with Crippen molar-refractivity contribution in [1.82, 2.24) is 9.66 Å². The molecule has 0 amide bonds. The highest BCUT2D eigenvalue weighted by atomic mass is 16.5. The quantitative estimate of drug-likeness (QED) is 0.416. The summed E-state index contributed by atoms with van der Waals surface area (Å²) in [5.74, 6) is 0.0302. The predicted octanol–water partition coefficient (Wildman–Crippen LogP) is 3.81. The summed E-state index contributed by atoms with van der Waals surface area (Å²) in [6.07, 6.45) is 1.52. The minimum atomic E-state index is -1.08. The van der Waals surface area contributed by atoms with Crippen molar-refractivity contribution < 1.29 is 19.4 Å². The zero-order valence-corrected chi connectivity index (χ0v) is 17.8. The van der Waals surface area contributed by atoms with E-state index in [4.69, 9.17) is 14.6 Å². The van der Waals surface area contributed by atoms with E-state index >= 15 is 0 Å². The van der Waals surface area contributed by atoms with Crippen LogP contribution in [-0.2, 0) is 4.79 Å². The van der Waals surface area contributed by atoms with Crippen LogP contribution in [0.4, 0.5) is 0 Å². The maximum absolute atomic E-state index is 13.2. The molecule has 8 heteroatoms. The van der Waals surface area contributed by atoms with E-state index in [2.05, 4.69) is 10.1 Å². The van der Waals surface area contributed by atoms with Crippen LogP contribution in [0.1, 0.15) is 12.5 Å². The third-order valence-corrected chi connectivity index (χ3v) is 4.73. The molecule has 0 radical (unpaired) electrons. The Kier molecular flexibility index (Phi) is 6.45. The lowest BCUT2D eigenvalue weighted by atomic mass is 10.2. The number of para-hydroxylation sites is 1. The Morgan fingerprint density at radius 1 is 1.03 bits per heavy atom. The van der Waals surface area contributed by atoms with Crippen molar-refractivity contribution >= 4 is 23.1 Å². The summed E-state index contributed by atoms with van der Waals surface area (Å²) < 4.78 is 12.1. The van der Waals surface area contributed by atoms with E-state index in [0.717, 1.165) is 5.56 Å². The molecule has 1 aromatic heterocycles. The first-order valence-corrected chi connectivity index (χ1v) is 10.3. The molecule has 0 saturated heterocycles. The smallest absolute Gasteiger partial charge is 0.341 e. The highest BCUT2D eigenvalue weighted by Gasteiger charge is 2.12. The molecule has 4 aromatic rings. The molecule has 0 aliphatic carbocycles. The van der Waals surface area contributed by atoms with Crippen LogP contribution in [0.5, 0.6) is 11.5 Å². The van der Waals surface area contributed by atoms with Gasteiger partial charge in [-0.2, -0.15) is 9.78 Å². The molecule has 0 saturated carbocycles. The van der Waals surface area contributed by atoms with Crippen LogP contribution in [0.15, 0.2) is 82.7 Å². The van der Waals surface area contributed by atoms with Crippen molar-refractivity contribution in [3.63, 3.8) is 0 Å². The number of carboxylic acids is 1. The molecule has 3 aromatic carbocycles. The maximum Gasteiger partial charge on any atom is 0.341 e. The number of hydrogen-bond acceptors (Lipinski definition) is 6. The summed E-state index contributed by atoms with van der Waals surface area (Å²) in [5, 5.41) is 13.8. The first-order chi connectivity index (χ1) is 16.1. The molecular formula is C25H21N3O5. The summed E-state index contributed by atoms with van der Waals surface area (Å²) in [4.78, 5) is 28.7. The molecule has 0 fully saturated rings. The van der Waals surface area contributed by atoms with E-state index < -0.39 is 12.6 Å². The number of rotatable bonds is 8. The number of fused-ring (bicyclic) bond motifs is 1. The van der Waals surface area contributed by atoms with Crippen molar-refractivity contribution in [2.24, 2.45) is 5.10 Å². The zero-order chi connectivity index (χ0) is 23.2. The number of nitrogens with zero attached hydrogens (tertiary/aromatic N) is 3. The molecule has 166 valence electrons. The molecule has 0 aliphatic heterocycles. The Morgan fingerprint density at radius 3 is 2.55 bits per heavy atom. The lowest BCUT2D eigenvalue weighted by Crippen LogP contribution is -2.20. The Hall–Kier alpha value is -4.46. The third-order valence-electron chi connectivity index (χ3n) is 4.73. The van der Waals surface area contributed by atoms with Gasteiger partial charge >= 0.3 is 5.97 Å². The third kappa shape index (κ3) is 4.90. The molecule has 0 spiro atoms. The van der Waals surface area contributed by atoms with Crippen LogP contribution in [0, 0.1) is 0 Å². The van der Waals surface area contributed by atoms with Crippen LogP contribution in [0.2, 0.25) is 0 Å².